The average Bonchev–Trinajstić information content (AvgIpc) is 2.51. The van der Waals surface area contributed by atoms with Gasteiger partial charge in [-0.2, -0.15) is 0 Å². The number of nitrogens with zero attached hydrogens (tertiary/aromatic N) is 1. The van der Waals surface area contributed by atoms with Crippen LogP contribution in [0.2, 0.25) is 0 Å². The molecule has 0 radical (unpaired) electrons. The lowest BCUT2D eigenvalue weighted by molar-refractivity contribution is -0.116. The summed E-state index contributed by atoms with van der Waals surface area (Å²) >= 11 is 0. The molecule has 0 unspecified atom stereocenters. The van der Waals surface area contributed by atoms with E-state index in [2.05, 4.69) is 6.07 Å². The first-order valence-corrected chi connectivity index (χ1v) is 7.41. The summed E-state index contributed by atoms with van der Waals surface area (Å²) in [7, 11) is 0. The number of carbonyl (C=O) groups is 1. The van der Waals surface area contributed by atoms with Gasteiger partial charge in [0.25, 0.3) is 0 Å². The Balaban J connectivity index is 2.13. The lowest BCUT2D eigenvalue weighted by Crippen LogP contribution is -2.31. The number of ketones is 1. The minimum absolute atomic E-state index is 0.0919. The fourth-order valence-corrected chi connectivity index (χ4v) is 2.95. The van der Waals surface area contributed by atoms with Crippen molar-refractivity contribution in [1.82, 2.24) is 0 Å². The number of rotatable bonds is 2. The second kappa shape index (κ2) is 5.68. The molecule has 0 aromatic heterocycles. The number of benzene rings is 2. The van der Waals surface area contributed by atoms with Crippen LogP contribution in [-0.4, -0.2) is 10.9 Å². The van der Waals surface area contributed by atoms with Crippen molar-refractivity contribution in [3.63, 3.8) is 0 Å². The molecule has 0 spiro atoms. The molecule has 1 aliphatic heterocycles. The Bertz CT molecular complexity index is 749. The summed E-state index contributed by atoms with van der Waals surface area (Å²) < 4.78 is 0. The van der Waals surface area contributed by atoms with E-state index in [9.17, 15) is 9.90 Å². The second-order valence-corrected chi connectivity index (χ2v) is 5.71. The number of anilines is 1. The molecule has 0 fully saturated rings. The van der Waals surface area contributed by atoms with Crippen LogP contribution in [0.1, 0.15) is 30.5 Å². The second-order valence-electron chi connectivity index (χ2n) is 5.71. The van der Waals surface area contributed by atoms with Crippen LogP contribution in [-0.2, 0) is 4.79 Å². The molecule has 2 aromatic carbocycles. The van der Waals surface area contributed by atoms with Gasteiger partial charge >= 0.3 is 0 Å². The number of hydrogen-bond donors (Lipinski definition) is 1. The number of carbonyl (C=O) groups excluding carboxylic acids is 1. The first-order valence-electron chi connectivity index (χ1n) is 7.41. The van der Waals surface area contributed by atoms with Crippen LogP contribution in [0.3, 0.4) is 0 Å². The minimum Gasteiger partial charge on any atom is -0.506 e. The summed E-state index contributed by atoms with van der Waals surface area (Å²) in [6.45, 7) is 3.87. The third-order valence-corrected chi connectivity index (χ3v) is 4.19. The molecule has 1 aliphatic rings. The number of phenols is 1. The highest BCUT2D eigenvalue weighted by Crippen LogP contribution is 2.39. The Morgan fingerprint density at radius 1 is 1.05 bits per heavy atom. The molecule has 0 saturated carbocycles. The Hall–Kier alpha value is -2.55. The normalized spacial score (nSPS) is 18.3. The molecule has 3 heteroatoms. The molecule has 0 bridgehead atoms. The summed E-state index contributed by atoms with van der Waals surface area (Å²) in [6.07, 6.45) is 2.26. The Kier molecular flexibility index (Phi) is 3.72. The van der Waals surface area contributed by atoms with E-state index < -0.39 is 0 Å². The van der Waals surface area contributed by atoms with Crippen molar-refractivity contribution in [3.8, 4) is 5.75 Å². The summed E-state index contributed by atoms with van der Waals surface area (Å²) in [6, 6.07) is 15.2. The van der Waals surface area contributed by atoms with E-state index in [4.69, 9.17) is 0 Å². The maximum Gasteiger partial charge on any atom is 0.162 e. The fraction of sp³-hybridized carbons (Fsp3) is 0.211. The highest BCUT2D eigenvalue weighted by atomic mass is 16.3. The van der Waals surface area contributed by atoms with E-state index in [0.717, 1.165) is 16.8 Å². The van der Waals surface area contributed by atoms with Crippen molar-refractivity contribution < 1.29 is 9.90 Å². The van der Waals surface area contributed by atoms with Crippen LogP contribution in [0.5, 0.6) is 5.75 Å². The molecular formula is C19H19NO2. The molecule has 3 nitrogen and oxygen atoms in total. The molecule has 0 aliphatic carbocycles. The molecule has 1 atom stereocenters. The van der Waals surface area contributed by atoms with E-state index >= 15 is 0 Å². The minimum atomic E-state index is -0.0919. The van der Waals surface area contributed by atoms with Crippen LogP contribution in [0.15, 0.2) is 60.3 Å². The van der Waals surface area contributed by atoms with Crippen LogP contribution in [0.25, 0.3) is 0 Å². The number of aromatic hydroxyl groups is 1. The first kappa shape index (κ1) is 14.4. The van der Waals surface area contributed by atoms with Crippen molar-refractivity contribution >= 4 is 11.5 Å². The van der Waals surface area contributed by atoms with Crippen molar-refractivity contribution in [2.24, 2.45) is 0 Å². The van der Waals surface area contributed by atoms with E-state index in [1.165, 1.54) is 0 Å². The molecule has 2 aromatic rings. The van der Waals surface area contributed by atoms with E-state index in [1.807, 2.05) is 55.3 Å². The molecule has 1 N–H and O–H groups in total. The number of allylic oxidation sites excluding steroid dienone is 1. The molecule has 0 amide bonds. The van der Waals surface area contributed by atoms with E-state index in [0.29, 0.717) is 12.0 Å². The lowest BCUT2D eigenvalue weighted by Gasteiger charge is -2.35. The topological polar surface area (TPSA) is 40.5 Å². The Morgan fingerprint density at radius 2 is 1.73 bits per heavy atom. The van der Waals surface area contributed by atoms with Gasteiger partial charge in [0.05, 0.1) is 11.7 Å². The highest BCUT2D eigenvalue weighted by molar-refractivity contribution is 5.97. The van der Waals surface area contributed by atoms with Gasteiger partial charge in [-0.3, -0.25) is 4.79 Å². The predicted octanol–water partition coefficient (Wildman–Crippen LogP) is 4.12. The average molecular weight is 293 g/mol. The quantitative estimate of drug-likeness (QED) is 0.905. The van der Waals surface area contributed by atoms with Gasteiger partial charge in [-0.1, -0.05) is 36.4 Å². The van der Waals surface area contributed by atoms with Gasteiger partial charge in [0.2, 0.25) is 0 Å². The standard InChI is InChI=1S/C19H19NO2/c1-13-7-3-4-8-15(13)17-11-19(22)14(2)12-20(17)16-9-5-6-10-18(16)21/h3-10,12,17,21H,11H2,1-2H3/t17-/m0/s1. The Morgan fingerprint density at radius 3 is 2.45 bits per heavy atom. The fourth-order valence-electron chi connectivity index (χ4n) is 2.95. The van der Waals surface area contributed by atoms with Crippen LogP contribution >= 0.6 is 0 Å². The molecule has 22 heavy (non-hydrogen) atoms. The van der Waals surface area contributed by atoms with Crippen LogP contribution in [0.4, 0.5) is 5.69 Å². The van der Waals surface area contributed by atoms with Crippen molar-refractivity contribution in [1.29, 1.82) is 0 Å². The molecular weight excluding hydrogens is 274 g/mol. The molecule has 0 saturated heterocycles. The van der Waals surface area contributed by atoms with Crippen molar-refractivity contribution in [2.75, 3.05) is 4.90 Å². The molecule has 1 heterocycles. The van der Waals surface area contributed by atoms with Gasteiger partial charge < -0.3 is 10.0 Å². The number of aryl methyl sites for hydroxylation is 1. The summed E-state index contributed by atoms with van der Waals surface area (Å²) in [5.74, 6) is 0.374. The van der Waals surface area contributed by atoms with Crippen molar-refractivity contribution in [2.45, 2.75) is 26.3 Å². The smallest absolute Gasteiger partial charge is 0.162 e. The predicted molar refractivity (Wildman–Crippen MR) is 87.9 cm³/mol. The largest absolute Gasteiger partial charge is 0.506 e. The number of para-hydroxylation sites is 2. The maximum atomic E-state index is 12.2. The van der Waals surface area contributed by atoms with Gasteiger partial charge in [-0.15, -0.1) is 0 Å². The summed E-state index contributed by atoms with van der Waals surface area (Å²) in [5.41, 5.74) is 3.70. The number of phenolic OH excluding ortho intramolecular Hbond substituents is 1. The zero-order valence-corrected chi connectivity index (χ0v) is 12.8. The van der Waals surface area contributed by atoms with Gasteiger partial charge in [-0.25, -0.2) is 0 Å². The number of Topliss-reactive ketones (excluding diaryl/α,β-unsaturated/α-hetero) is 1. The SMILES string of the molecule is CC1=CN(c2ccccc2O)[C@H](c2ccccc2C)CC1=O. The first-order chi connectivity index (χ1) is 10.6. The zero-order valence-electron chi connectivity index (χ0n) is 12.8. The highest BCUT2D eigenvalue weighted by Gasteiger charge is 2.29. The van der Waals surface area contributed by atoms with Gasteiger partial charge in [0, 0.05) is 18.2 Å². The molecule has 3 rings (SSSR count). The summed E-state index contributed by atoms with van der Waals surface area (Å²) in [4.78, 5) is 14.2. The third kappa shape index (κ3) is 2.50. The Labute approximate surface area is 130 Å². The van der Waals surface area contributed by atoms with Crippen molar-refractivity contribution in [3.05, 3.63) is 71.4 Å². The third-order valence-electron chi connectivity index (χ3n) is 4.19. The lowest BCUT2D eigenvalue weighted by atomic mass is 9.91. The van der Waals surface area contributed by atoms with Crippen LogP contribution < -0.4 is 4.90 Å². The molecule has 112 valence electrons. The van der Waals surface area contributed by atoms with E-state index in [-0.39, 0.29) is 17.6 Å². The van der Waals surface area contributed by atoms with Gasteiger partial charge in [0.15, 0.2) is 5.78 Å². The summed E-state index contributed by atoms with van der Waals surface area (Å²) in [5, 5.41) is 10.2. The van der Waals surface area contributed by atoms with Gasteiger partial charge in [0.1, 0.15) is 5.75 Å². The number of hydrogen-bond acceptors (Lipinski definition) is 3. The van der Waals surface area contributed by atoms with Crippen LogP contribution in [0, 0.1) is 6.92 Å². The zero-order chi connectivity index (χ0) is 15.7. The monoisotopic (exact) mass is 293 g/mol. The maximum absolute atomic E-state index is 12.2. The van der Waals surface area contributed by atoms with Gasteiger partial charge in [-0.05, 0) is 37.1 Å². The van der Waals surface area contributed by atoms with E-state index in [1.54, 1.807) is 12.1 Å².